The van der Waals surface area contributed by atoms with Crippen molar-refractivity contribution in [3.63, 3.8) is 0 Å². The highest BCUT2D eigenvalue weighted by Gasteiger charge is 2.10. The molecule has 4 nitrogen and oxygen atoms in total. The van der Waals surface area contributed by atoms with E-state index in [2.05, 4.69) is 42.3 Å². The molecule has 1 aromatic heterocycles. The second kappa shape index (κ2) is 7.07. The zero-order valence-electron chi connectivity index (χ0n) is 10.5. The van der Waals surface area contributed by atoms with Crippen LogP contribution in [0.1, 0.15) is 18.2 Å². The molecule has 0 radical (unpaired) electrons. The molecular weight excluding hydrogens is 376 g/mol. The summed E-state index contributed by atoms with van der Waals surface area (Å²) in [5, 5.41) is 7.17. The van der Waals surface area contributed by atoms with Crippen LogP contribution in [0, 0.1) is 0 Å². The summed E-state index contributed by atoms with van der Waals surface area (Å²) in [5.41, 5.74) is 1.97. The fourth-order valence-electron chi connectivity index (χ4n) is 1.70. The highest BCUT2D eigenvalue weighted by atomic mass is 79.9. The second-order valence-corrected chi connectivity index (χ2v) is 5.67. The van der Waals surface area contributed by atoms with Crippen LogP contribution in [0.4, 0.5) is 0 Å². The van der Waals surface area contributed by atoms with E-state index in [1.54, 1.807) is 6.26 Å². The van der Waals surface area contributed by atoms with Crippen LogP contribution in [0.2, 0.25) is 0 Å². The Labute approximate surface area is 128 Å². The summed E-state index contributed by atoms with van der Waals surface area (Å²) >= 11 is 7.01. The Bertz CT molecular complexity index is 530. The third-order valence-corrected chi connectivity index (χ3v) is 3.53. The van der Waals surface area contributed by atoms with Crippen molar-refractivity contribution in [2.75, 3.05) is 6.61 Å². The monoisotopic (exact) mass is 388 g/mol. The van der Waals surface area contributed by atoms with Gasteiger partial charge in [-0.15, -0.1) is 0 Å². The predicted molar refractivity (Wildman–Crippen MR) is 80.1 cm³/mol. The van der Waals surface area contributed by atoms with Gasteiger partial charge in [0.1, 0.15) is 12.0 Å². The number of hydrogen-bond acceptors (Lipinski definition) is 4. The number of hydrogen-bond donors (Lipinski definition) is 1. The van der Waals surface area contributed by atoms with Crippen molar-refractivity contribution >= 4 is 31.9 Å². The molecule has 0 aliphatic rings. The van der Waals surface area contributed by atoms with Gasteiger partial charge in [-0.1, -0.05) is 21.1 Å². The molecule has 0 atom stereocenters. The van der Waals surface area contributed by atoms with E-state index in [4.69, 9.17) is 9.26 Å². The molecule has 0 aliphatic carbocycles. The Morgan fingerprint density at radius 3 is 2.84 bits per heavy atom. The van der Waals surface area contributed by atoms with Crippen molar-refractivity contribution in [3.8, 4) is 5.75 Å². The summed E-state index contributed by atoms with van der Waals surface area (Å²) in [6, 6.07) is 5.87. The number of nitrogens with one attached hydrogen (secondary N) is 1. The lowest BCUT2D eigenvalue weighted by atomic mass is 10.2. The number of halogens is 2. The molecule has 0 saturated heterocycles. The minimum Gasteiger partial charge on any atom is -0.492 e. The molecule has 0 saturated carbocycles. The Morgan fingerprint density at radius 1 is 1.32 bits per heavy atom. The molecule has 6 heteroatoms. The number of rotatable bonds is 6. The van der Waals surface area contributed by atoms with Gasteiger partial charge in [-0.2, -0.15) is 0 Å². The summed E-state index contributed by atoms with van der Waals surface area (Å²) in [5.74, 6) is 0.873. The number of benzene rings is 1. The maximum Gasteiger partial charge on any atom is 0.138 e. The zero-order chi connectivity index (χ0) is 13.7. The first-order chi connectivity index (χ1) is 9.20. The summed E-state index contributed by atoms with van der Waals surface area (Å²) in [4.78, 5) is 0. The van der Waals surface area contributed by atoms with Crippen LogP contribution in [-0.2, 0) is 13.1 Å². The van der Waals surface area contributed by atoms with Crippen LogP contribution < -0.4 is 10.1 Å². The van der Waals surface area contributed by atoms with E-state index < -0.39 is 0 Å². The van der Waals surface area contributed by atoms with E-state index in [9.17, 15) is 0 Å². The molecule has 19 heavy (non-hydrogen) atoms. The fraction of sp³-hybridized carbons (Fsp3) is 0.308. The van der Waals surface area contributed by atoms with E-state index in [-0.39, 0.29) is 0 Å². The average molecular weight is 390 g/mol. The minimum atomic E-state index is 0.635. The maximum absolute atomic E-state index is 5.67. The Hall–Kier alpha value is -0.850. The van der Waals surface area contributed by atoms with Crippen LogP contribution in [0.15, 0.2) is 37.9 Å². The van der Waals surface area contributed by atoms with Crippen LogP contribution in [0.5, 0.6) is 5.75 Å². The largest absolute Gasteiger partial charge is 0.492 e. The fourth-order valence-corrected chi connectivity index (χ4v) is 3.13. The van der Waals surface area contributed by atoms with Crippen LogP contribution in [0.25, 0.3) is 0 Å². The SMILES string of the molecule is CCOc1c(Br)cc(Br)cc1CNCc1ccon1. The zero-order valence-corrected chi connectivity index (χ0v) is 13.6. The van der Waals surface area contributed by atoms with Gasteiger partial charge in [-0.3, -0.25) is 0 Å². The molecular formula is C13H14Br2N2O2. The van der Waals surface area contributed by atoms with Gasteiger partial charge in [0.15, 0.2) is 0 Å². The molecule has 1 N–H and O–H groups in total. The Kier molecular flexibility index (Phi) is 5.42. The molecule has 0 amide bonds. The second-order valence-electron chi connectivity index (χ2n) is 3.90. The van der Waals surface area contributed by atoms with Gasteiger partial charge in [0.2, 0.25) is 0 Å². The highest BCUT2D eigenvalue weighted by Crippen LogP contribution is 2.32. The maximum atomic E-state index is 5.67. The molecule has 0 bridgehead atoms. The van der Waals surface area contributed by atoms with Crippen LogP contribution in [-0.4, -0.2) is 11.8 Å². The smallest absolute Gasteiger partial charge is 0.138 e. The summed E-state index contributed by atoms with van der Waals surface area (Å²) in [7, 11) is 0. The van der Waals surface area contributed by atoms with E-state index in [0.717, 1.165) is 26.0 Å². The molecule has 1 aromatic carbocycles. The molecule has 2 rings (SSSR count). The molecule has 102 valence electrons. The van der Waals surface area contributed by atoms with Gasteiger partial charge in [-0.05, 0) is 35.0 Å². The Morgan fingerprint density at radius 2 is 2.16 bits per heavy atom. The molecule has 2 aromatic rings. The number of nitrogens with zero attached hydrogens (tertiary/aromatic N) is 1. The summed E-state index contributed by atoms with van der Waals surface area (Å²) < 4.78 is 12.4. The third kappa shape index (κ3) is 4.06. The molecule has 1 heterocycles. The van der Waals surface area contributed by atoms with Crippen molar-refractivity contribution in [2.24, 2.45) is 0 Å². The Balaban J connectivity index is 2.05. The third-order valence-electron chi connectivity index (χ3n) is 2.49. The van der Waals surface area contributed by atoms with E-state index in [0.29, 0.717) is 19.7 Å². The molecule has 0 unspecified atom stereocenters. The van der Waals surface area contributed by atoms with Gasteiger partial charge in [0.25, 0.3) is 0 Å². The molecule has 0 spiro atoms. The van der Waals surface area contributed by atoms with E-state index in [1.807, 2.05) is 25.1 Å². The van der Waals surface area contributed by atoms with Crippen molar-refractivity contribution in [1.82, 2.24) is 10.5 Å². The van der Waals surface area contributed by atoms with Gasteiger partial charge in [0, 0.05) is 29.2 Å². The quantitative estimate of drug-likeness (QED) is 0.814. The molecule has 0 aliphatic heterocycles. The van der Waals surface area contributed by atoms with Crippen molar-refractivity contribution in [1.29, 1.82) is 0 Å². The van der Waals surface area contributed by atoms with Crippen LogP contribution in [0.3, 0.4) is 0 Å². The van der Waals surface area contributed by atoms with Crippen molar-refractivity contribution in [3.05, 3.63) is 44.7 Å². The summed E-state index contributed by atoms with van der Waals surface area (Å²) in [6.07, 6.45) is 1.57. The van der Waals surface area contributed by atoms with E-state index in [1.165, 1.54) is 0 Å². The molecule has 0 fully saturated rings. The van der Waals surface area contributed by atoms with Gasteiger partial charge < -0.3 is 14.6 Å². The summed E-state index contributed by atoms with van der Waals surface area (Å²) in [6.45, 7) is 3.96. The normalized spacial score (nSPS) is 10.7. The van der Waals surface area contributed by atoms with Crippen LogP contribution >= 0.6 is 31.9 Å². The lowest BCUT2D eigenvalue weighted by molar-refractivity contribution is 0.333. The van der Waals surface area contributed by atoms with Gasteiger partial charge in [0.05, 0.1) is 16.8 Å². The predicted octanol–water partition coefficient (Wildman–Crippen LogP) is 3.89. The number of aromatic nitrogens is 1. The lowest BCUT2D eigenvalue weighted by Gasteiger charge is -2.13. The van der Waals surface area contributed by atoms with Gasteiger partial charge in [-0.25, -0.2) is 0 Å². The first-order valence-electron chi connectivity index (χ1n) is 5.91. The lowest BCUT2D eigenvalue weighted by Crippen LogP contribution is -2.14. The highest BCUT2D eigenvalue weighted by molar-refractivity contribution is 9.11. The standard InChI is InChI=1S/C13H14Br2N2O2/c1-2-18-13-9(5-10(14)6-12(13)15)7-16-8-11-3-4-19-17-11/h3-6,16H,2,7-8H2,1H3. The van der Waals surface area contributed by atoms with Crippen molar-refractivity contribution in [2.45, 2.75) is 20.0 Å². The first kappa shape index (κ1) is 14.6. The van der Waals surface area contributed by atoms with E-state index >= 15 is 0 Å². The average Bonchev–Trinajstić information content (AvgIpc) is 2.86. The van der Waals surface area contributed by atoms with Crippen molar-refractivity contribution < 1.29 is 9.26 Å². The first-order valence-corrected chi connectivity index (χ1v) is 7.50. The number of ether oxygens (including phenoxy) is 1. The minimum absolute atomic E-state index is 0.635. The topological polar surface area (TPSA) is 47.3 Å². The van der Waals surface area contributed by atoms with Gasteiger partial charge >= 0.3 is 0 Å².